The molecule has 0 fully saturated rings. The number of hydrogen-bond donors (Lipinski definition) is 1. The first-order valence-corrected chi connectivity index (χ1v) is 7.00. The van der Waals surface area contributed by atoms with Crippen molar-refractivity contribution in [3.8, 4) is 0 Å². The lowest BCUT2D eigenvalue weighted by Crippen LogP contribution is -2.26. The molecule has 1 aromatic rings. The first-order valence-electron chi connectivity index (χ1n) is 6.21. The van der Waals surface area contributed by atoms with Crippen molar-refractivity contribution in [2.75, 3.05) is 20.3 Å². The maximum absolute atomic E-state index is 5.16. The smallest absolute Gasteiger partial charge is 0.0499 e. The van der Waals surface area contributed by atoms with Crippen LogP contribution < -0.4 is 5.32 Å². The summed E-state index contributed by atoms with van der Waals surface area (Å²) in [6, 6.07) is 7.15. The van der Waals surface area contributed by atoms with Crippen LogP contribution in [0.25, 0.3) is 0 Å². The fourth-order valence-electron chi connectivity index (χ4n) is 2.49. The summed E-state index contributed by atoms with van der Waals surface area (Å²) in [4.78, 5) is 0. The van der Waals surface area contributed by atoms with Crippen LogP contribution in [0.4, 0.5) is 0 Å². The Hall–Kier alpha value is -0.380. The molecular formula is C14H20BrNO. The Bertz CT molecular complexity index is 380. The Morgan fingerprint density at radius 1 is 1.53 bits per heavy atom. The van der Waals surface area contributed by atoms with Gasteiger partial charge < -0.3 is 10.1 Å². The minimum absolute atomic E-state index is 0.525. The van der Waals surface area contributed by atoms with Crippen molar-refractivity contribution >= 4 is 15.9 Å². The molecule has 3 heteroatoms. The second-order valence-corrected chi connectivity index (χ2v) is 5.82. The molecule has 1 aliphatic rings. The first kappa shape index (κ1) is 13.1. The molecule has 0 radical (unpaired) electrons. The number of benzene rings is 1. The van der Waals surface area contributed by atoms with E-state index < -0.39 is 0 Å². The minimum atomic E-state index is 0.525. The van der Waals surface area contributed by atoms with Crippen LogP contribution in [0.1, 0.15) is 30.5 Å². The van der Waals surface area contributed by atoms with Crippen molar-refractivity contribution in [2.45, 2.75) is 25.8 Å². The van der Waals surface area contributed by atoms with Crippen molar-refractivity contribution < 1.29 is 4.74 Å². The third-order valence-electron chi connectivity index (χ3n) is 3.35. The highest BCUT2D eigenvalue weighted by molar-refractivity contribution is 9.10. The maximum atomic E-state index is 5.16. The molecular weight excluding hydrogens is 278 g/mol. The van der Waals surface area contributed by atoms with E-state index in [1.165, 1.54) is 28.4 Å². The molecule has 94 valence electrons. The third kappa shape index (κ3) is 3.30. The van der Waals surface area contributed by atoms with Gasteiger partial charge in [0.15, 0.2) is 0 Å². The fraction of sp³-hybridized carbons (Fsp3) is 0.571. The van der Waals surface area contributed by atoms with E-state index in [9.17, 15) is 0 Å². The van der Waals surface area contributed by atoms with Crippen molar-refractivity contribution in [3.63, 3.8) is 0 Å². The third-order valence-corrected chi connectivity index (χ3v) is 3.84. The molecule has 1 N–H and O–H groups in total. The number of halogens is 1. The van der Waals surface area contributed by atoms with Gasteiger partial charge in [0.05, 0.1) is 0 Å². The van der Waals surface area contributed by atoms with Crippen LogP contribution in [0.15, 0.2) is 22.7 Å². The molecule has 1 aliphatic carbocycles. The molecule has 0 saturated carbocycles. The van der Waals surface area contributed by atoms with E-state index in [1.807, 2.05) is 0 Å². The van der Waals surface area contributed by atoms with E-state index in [1.54, 1.807) is 7.11 Å². The van der Waals surface area contributed by atoms with E-state index in [0.717, 1.165) is 13.2 Å². The zero-order valence-corrected chi connectivity index (χ0v) is 12.1. The van der Waals surface area contributed by atoms with Crippen LogP contribution in [0.5, 0.6) is 0 Å². The topological polar surface area (TPSA) is 21.3 Å². The molecule has 0 aromatic heterocycles. The monoisotopic (exact) mass is 297 g/mol. The molecule has 2 atom stereocenters. The van der Waals surface area contributed by atoms with E-state index in [0.29, 0.717) is 12.0 Å². The van der Waals surface area contributed by atoms with Crippen molar-refractivity contribution in [2.24, 2.45) is 5.92 Å². The summed E-state index contributed by atoms with van der Waals surface area (Å²) in [6.45, 7) is 4.06. The zero-order chi connectivity index (χ0) is 12.3. The Morgan fingerprint density at radius 3 is 3.12 bits per heavy atom. The van der Waals surface area contributed by atoms with Crippen molar-refractivity contribution in [1.29, 1.82) is 0 Å². The van der Waals surface area contributed by atoms with Gasteiger partial charge in [-0.05, 0) is 42.0 Å². The van der Waals surface area contributed by atoms with E-state index in [4.69, 9.17) is 4.74 Å². The van der Waals surface area contributed by atoms with Gasteiger partial charge in [-0.2, -0.15) is 0 Å². The van der Waals surface area contributed by atoms with Gasteiger partial charge in [0.2, 0.25) is 0 Å². The lowest BCUT2D eigenvalue weighted by molar-refractivity contribution is 0.157. The first-order chi connectivity index (χ1) is 8.20. The summed E-state index contributed by atoms with van der Waals surface area (Å²) in [5, 5.41) is 3.65. The summed E-state index contributed by atoms with van der Waals surface area (Å²) in [5.41, 5.74) is 2.95. The SMILES string of the molecule is COCC(C)CNC1CCc2cc(Br)ccc21. The average Bonchev–Trinajstić information content (AvgIpc) is 2.69. The molecule has 0 bridgehead atoms. The molecule has 0 spiro atoms. The van der Waals surface area contributed by atoms with Crippen LogP contribution in [0.2, 0.25) is 0 Å². The van der Waals surface area contributed by atoms with Crippen LogP contribution in [-0.2, 0) is 11.2 Å². The van der Waals surface area contributed by atoms with Crippen molar-refractivity contribution in [1.82, 2.24) is 5.32 Å². The number of fused-ring (bicyclic) bond motifs is 1. The standard InChI is InChI=1S/C14H20BrNO/c1-10(9-17-2)8-16-14-6-3-11-7-12(15)4-5-13(11)14/h4-5,7,10,14,16H,3,6,8-9H2,1-2H3. The molecule has 0 heterocycles. The molecule has 2 rings (SSSR count). The van der Waals surface area contributed by atoms with Gasteiger partial charge >= 0.3 is 0 Å². The Kier molecular flexibility index (Phi) is 4.60. The predicted octanol–water partition coefficient (Wildman–Crippen LogP) is 3.31. The number of hydrogen-bond acceptors (Lipinski definition) is 2. The van der Waals surface area contributed by atoms with E-state index in [-0.39, 0.29) is 0 Å². The molecule has 0 saturated heterocycles. The quantitative estimate of drug-likeness (QED) is 0.900. The minimum Gasteiger partial charge on any atom is -0.384 e. The number of aryl methyl sites for hydroxylation is 1. The number of methoxy groups -OCH3 is 1. The Balaban J connectivity index is 1.93. The van der Waals surface area contributed by atoms with Crippen LogP contribution >= 0.6 is 15.9 Å². The van der Waals surface area contributed by atoms with E-state index >= 15 is 0 Å². The van der Waals surface area contributed by atoms with E-state index in [2.05, 4.69) is 46.4 Å². The summed E-state index contributed by atoms with van der Waals surface area (Å²) >= 11 is 3.53. The summed E-state index contributed by atoms with van der Waals surface area (Å²) < 4.78 is 6.34. The van der Waals surface area contributed by atoms with Gasteiger partial charge in [0.25, 0.3) is 0 Å². The van der Waals surface area contributed by atoms with Gasteiger partial charge in [-0.15, -0.1) is 0 Å². The molecule has 0 aliphatic heterocycles. The zero-order valence-electron chi connectivity index (χ0n) is 10.5. The van der Waals surface area contributed by atoms with Gasteiger partial charge in [0.1, 0.15) is 0 Å². The average molecular weight is 298 g/mol. The lowest BCUT2D eigenvalue weighted by atomic mass is 10.1. The molecule has 17 heavy (non-hydrogen) atoms. The summed E-state index contributed by atoms with van der Waals surface area (Å²) in [6.07, 6.45) is 2.40. The highest BCUT2D eigenvalue weighted by Gasteiger charge is 2.22. The number of nitrogens with one attached hydrogen (secondary N) is 1. The molecule has 2 nitrogen and oxygen atoms in total. The lowest BCUT2D eigenvalue weighted by Gasteiger charge is -2.17. The second-order valence-electron chi connectivity index (χ2n) is 4.90. The Labute approximate surface area is 112 Å². The highest BCUT2D eigenvalue weighted by Crippen LogP contribution is 2.32. The van der Waals surface area contributed by atoms with Crippen LogP contribution in [-0.4, -0.2) is 20.3 Å². The van der Waals surface area contributed by atoms with Gasteiger partial charge in [0, 0.05) is 30.8 Å². The van der Waals surface area contributed by atoms with Gasteiger partial charge in [-0.3, -0.25) is 0 Å². The molecule has 1 aromatic carbocycles. The van der Waals surface area contributed by atoms with Crippen molar-refractivity contribution in [3.05, 3.63) is 33.8 Å². The summed E-state index contributed by atoms with van der Waals surface area (Å²) in [5.74, 6) is 0.569. The summed E-state index contributed by atoms with van der Waals surface area (Å²) in [7, 11) is 1.76. The normalized spacial score (nSPS) is 20.3. The predicted molar refractivity (Wildman–Crippen MR) is 74.2 cm³/mol. The van der Waals surface area contributed by atoms with Gasteiger partial charge in [-0.25, -0.2) is 0 Å². The van der Waals surface area contributed by atoms with Crippen LogP contribution in [0.3, 0.4) is 0 Å². The Morgan fingerprint density at radius 2 is 2.35 bits per heavy atom. The fourth-order valence-corrected chi connectivity index (χ4v) is 2.89. The molecule has 0 amide bonds. The van der Waals surface area contributed by atoms with Gasteiger partial charge in [-0.1, -0.05) is 28.9 Å². The molecule has 2 unspecified atom stereocenters. The highest BCUT2D eigenvalue weighted by atomic mass is 79.9. The number of rotatable bonds is 5. The maximum Gasteiger partial charge on any atom is 0.0499 e. The van der Waals surface area contributed by atoms with Crippen LogP contribution in [0, 0.1) is 5.92 Å². The second kappa shape index (κ2) is 5.98. The largest absolute Gasteiger partial charge is 0.384 e. The number of ether oxygens (including phenoxy) is 1.